The molecule has 0 heterocycles. The first-order valence-corrected chi connectivity index (χ1v) is 8.37. The minimum atomic E-state index is -3.48. The molecule has 1 aliphatic rings. The van der Waals surface area contributed by atoms with Crippen LogP contribution in [0.25, 0.3) is 16.5 Å². The molecule has 1 N–H and O–H groups in total. The molecule has 3 aromatic carbocycles. The van der Waals surface area contributed by atoms with Crippen LogP contribution in [0.3, 0.4) is 0 Å². The Bertz CT molecular complexity index is 1020. The lowest BCUT2D eigenvalue weighted by Crippen LogP contribution is -2.22. The van der Waals surface area contributed by atoms with E-state index < -0.39 is 24.0 Å². The second-order valence-corrected chi connectivity index (χ2v) is 6.53. The zero-order chi connectivity index (χ0) is 18.3. The standard InChI is InChI=1S/C22H16F2O2/c23-22(24)13-18(17-11-10-14-6-4-5-9-16(14)12-17)19(21(22)26)20(25)15-7-2-1-3-8-15/h1-12,18,25H,13H2/b20-19+. The molecule has 130 valence electrons. The smallest absolute Gasteiger partial charge is 0.310 e. The fourth-order valence-electron chi connectivity index (χ4n) is 3.54. The summed E-state index contributed by atoms with van der Waals surface area (Å²) in [4.78, 5) is 12.3. The lowest BCUT2D eigenvalue weighted by atomic mass is 9.90. The maximum atomic E-state index is 14.2. The molecule has 1 fully saturated rings. The van der Waals surface area contributed by atoms with Crippen molar-refractivity contribution in [2.24, 2.45) is 0 Å². The Morgan fingerprint density at radius 2 is 1.58 bits per heavy atom. The number of fused-ring (bicyclic) bond motifs is 1. The van der Waals surface area contributed by atoms with Gasteiger partial charge in [-0.15, -0.1) is 0 Å². The van der Waals surface area contributed by atoms with E-state index in [1.807, 2.05) is 36.4 Å². The van der Waals surface area contributed by atoms with Gasteiger partial charge in [0.2, 0.25) is 5.78 Å². The van der Waals surface area contributed by atoms with Crippen LogP contribution in [-0.2, 0) is 4.79 Å². The summed E-state index contributed by atoms with van der Waals surface area (Å²) in [6.07, 6.45) is -0.629. The van der Waals surface area contributed by atoms with Crippen molar-refractivity contribution in [3.8, 4) is 0 Å². The predicted octanol–water partition coefficient (Wildman–Crippen LogP) is 5.50. The van der Waals surface area contributed by atoms with Crippen LogP contribution in [0.2, 0.25) is 0 Å². The lowest BCUT2D eigenvalue weighted by molar-refractivity contribution is -0.135. The van der Waals surface area contributed by atoms with Gasteiger partial charge in [-0.3, -0.25) is 4.79 Å². The highest BCUT2D eigenvalue weighted by Gasteiger charge is 2.53. The summed E-state index contributed by atoms with van der Waals surface area (Å²) in [6, 6.07) is 21.4. The van der Waals surface area contributed by atoms with Crippen molar-refractivity contribution in [1.29, 1.82) is 0 Å². The van der Waals surface area contributed by atoms with Gasteiger partial charge in [0.25, 0.3) is 0 Å². The lowest BCUT2D eigenvalue weighted by Gasteiger charge is -2.14. The Hall–Kier alpha value is -3.01. The summed E-state index contributed by atoms with van der Waals surface area (Å²) in [5.41, 5.74) is 0.752. The largest absolute Gasteiger partial charge is 0.507 e. The molecule has 0 radical (unpaired) electrons. The zero-order valence-corrected chi connectivity index (χ0v) is 13.8. The first kappa shape index (κ1) is 16.5. The molecule has 2 nitrogen and oxygen atoms in total. The van der Waals surface area contributed by atoms with E-state index in [-0.39, 0.29) is 11.3 Å². The van der Waals surface area contributed by atoms with Gasteiger partial charge >= 0.3 is 5.92 Å². The van der Waals surface area contributed by atoms with Crippen molar-refractivity contribution >= 4 is 22.3 Å². The third-order valence-electron chi connectivity index (χ3n) is 4.86. The Morgan fingerprint density at radius 1 is 0.923 bits per heavy atom. The third-order valence-corrected chi connectivity index (χ3v) is 4.86. The molecule has 1 aliphatic carbocycles. The van der Waals surface area contributed by atoms with Gasteiger partial charge < -0.3 is 5.11 Å². The first-order chi connectivity index (χ1) is 12.5. The van der Waals surface area contributed by atoms with E-state index in [0.717, 1.165) is 10.8 Å². The molecule has 1 unspecified atom stereocenters. The summed E-state index contributed by atoms with van der Waals surface area (Å²) in [7, 11) is 0. The van der Waals surface area contributed by atoms with Crippen molar-refractivity contribution in [2.75, 3.05) is 0 Å². The SMILES string of the molecule is O=C1/C(=C(/O)c2ccccc2)C(c2ccc3ccccc3c2)CC1(F)F. The Balaban J connectivity index is 1.88. The molecule has 0 amide bonds. The van der Waals surface area contributed by atoms with Crippen LogP contribution >= 0.6 is 0 Å². The zero-order valence-electron chi connectivity index (χ0n) is 13.8. The Morgan fingerprint density at radius 3 is 2.31 bits per heavy atom. The summed E-state index contributed by atoms with van der Waals surface area (Å²) in [5, 5.41) is 12.5. The highest BCUT2D eigenvalue weighted by Crippen LogP contribution is 2.48. The van der Waals surface area contributed by atoms with Gasteiger partial charge in [0, 0.05) is 17.9 Å². The van der Waals surface area contributed by atoms with Gasteiger partial charge in [0.05, 0.1) is 5.57 Å². The third kappa shape index (κ3) is 2.68. The second kappa shape index (κ2) is 6.06. The van der Waals surface area contributed by atoms with Gasteiger partial charge in [-0.1, -0.05) is 72.8 Å². The van der Waals surface area contributed by atoms with Crippen LogP contribution < -0.4 is 0 Å². The molecule has 1 saturated carbocycles. The fraction of sp³-hybridized carbons (Fsp3) is 0.136. The number of benzene rings is 3. The monoisotopic (exact) mass is 350 g/mol. The van der Waals surface area contributed by atoms with E-state index in [4.69, 9.17) is 0 Å². The highest BCUT2D eigenvalue weighted by molar-refractivity contribution is 6.09. The fourth-order valence-corrected chi connectivity index (χ4v) is 3.54. The number of hydrogen-bond acceptors (Lipinski definition) is 2. The maximum Gasteiger partial charge on any atom is 0.310 e. The van der Waals surface area contributed by atoms with Gasteiger partial charge in [-0.25, -0.2) is 0 Å². The van der Waals surface area contributed by atoms with Gasteiger partial charge in [0.15, 0.2) is 0 Å². The average Bonchev–Trinajstić information content (AvgIpc) is 2.91. The molecule has 0 aromatic heterocycles. The van der Waals surface area contributed by atoms with E-state index in [0.29, 0.717) is 11.1 Å². The topological polar surface area (TPSA) is 37.3 Å². The van der Waals surface area contributed by atoms with Crippen LogP contribution in [0.15, 0.2) is 78.4 Å². The number of Topliss-reactive ketones (excluding diaryl/α,β-unsaturated/α-hetero) is 1. The second-order valence-electron chi connectivity index (χ2n) is 6.53. The molecule has 0 spiro atoms. The van der Waals surface area contributed by atoms with E-state index in [2.05, 4.69) is 0 Å². The van der Waals surface area contributed by atoms with Crippen LogP contribution in [0.5, 0.6) is 0 Å². The highest BCUT2D eigenvalue weighted by atomic mass is 19.3. The van der Waals surface area contributed by atoms with Crippen molar-refractivity contribution in [2.45, 2.75) is 18.3 Å². The van der Waals surface area contributed by atoms with Crippen LogP contribution in [0.1, 0.15) is 23.5 Å². The number of alkyl halides is 2. The van der Waals surface area contributed by atoms with Crippen molar-refractivity contribution in [3.05, 3.63) is 89.5 Å². The number of aliphatic hydroxyl groups excluding tert-OH is 1. The van der Waals surface area contributed by atoms with Gasteiger partial charge in [-0.2, -0.15) is 8.78 Å². The number of hydrogen-bond donors (Lipinski definition) is 1. The number of ketones is 1. The van der Waals surface area contributed by atoms with Crippen LogP contribution in [0, 0.1) is 0 Å². The average molecular weight is 350 g/mol. The maximum absolute atomic E-state index is 14.2. The molecular weight excluding hydrogens is 334 g/mol. The Kier molecular flexibility index (Phi) is 3.83. The summed E-state index contributed by atoms with van der Waals surface area (Å²) in [6.45, 7) is 0. The molecule has 1 atom stereocenters. The quantitative estimate of drug-likeness (QED) is 0.489. The first-order valence-electron chi connectivity index (χ1n) is 8.37. The van der Waals surface area contributed by atoms with Gasteiger partial charge in [0.1, 0.15) is 5.76 Å². The van der Waals surface area contributed by atoms with E-state index in [1.54, 1.807) is 36.4 Å². The molecule has 3 aromatic rings. The number of aliphatic hydroxyl groups is 1. The molecular formula is C22H16F2O2. The molecule has 26 heavy (non-hydrogen) atoms. The molecule has 0 bridgehead atoms. The number of allylic oxidation sites excluding steroid dienone is 1. The Labute approximate surface area is 149 Å². The predicted molar refractivity (Wildman–Crippen MR) is 97.3 cm³/mol. The molecule has 0 aliphatic heterocycles. The minimum absolute atomic E-state index is 0.212. The van der Waals surface area contributed by atoms with Crippen LogP contribution in [0.4, 0.5) is 8.78 Å². The van der Waals surface area contributed by atoms with Gasteiger partial charge in [-0.05, 0) is 16.3 Å². The van der Waals surface area contributed by atoms with E-state index in [1.165, 1.54) is 0 Å². The number of rotatable bonds is 2. The van der Waals surface area contributed by atoms with Crippen LogP contribution in [-0.4, -0.2) is 16.8 Å². The van der Waals surface area contributed by atoms with Crippen molar-refractivity contribution in [1.82, 2.24) is 0 Å². The van der Waals surface area contributed by atoms with Crippen molar-refractivity contribution in [3.63, 3.8) is 0 Å². The number of carbonyl (C=O) groups excluding carboxylic acids is 1. The summed E-state index contributed by atoms with van der Waals surface area (Å²) >= 11 is 0. The molecule has 4 heteroatoms. The molecule has 0 saturated heterocycles. The number of carbonyl (C=O) groups is 1. The normalized spacial score (nSPS) is 21.2. The minimum Gasteiger partial charge on any atom is -0.507 e. The van der Waals surface area contributed by atoms with E-state index in [9.17, 15) is 18.7 Å². The summed E-state index contributed by atoms with van der Waals surface area (Å²) < 4.78 is 28.4. The number of halogens is 2. The van der Waals surface area contributed by atoms with E-state index >= 15 is 0 Å². The summed E-state index contributed by atoms with van der Waals surface area (Å²) in [5.74, 6) is -5.99. The van der Waals surface area contributed by atoms with Crippen molar-refractivity contribution < 1.29 is 18.7 Å². The molecule has 4 rings (SSSR count).